The van der Waals surface area contributed by atoms with Crippen LogP contribution in [0.2, 0.25) is 0 Å². The number of hydrogen-bond acceptors (Lipinski definition) is 3. The Morgan fingerprint density at radius 1 is 1.67 bits per heavy atom. The lowest BCUT2D eigenvalue weighted by Gasteiger charge is -2.05. The Hall–Kier alpha value is -1.38. The fourth-order valence-corrected chi connectivity index (χ4v) is 1.10. The van der Waals surface area contributed by atoms with Gasteiger partial charge in [-0.3, -0.25) is 0 Å². The summed E-state index contributed by atoms with van der Waals surface area (Å²) in [4.78, 5) is 14.4. The summed E-state index contributed by atoms with van der Waals surface area (Å²) in [5.41, 5.74) is 2.03. The second-order valence-electron chi connectivity index (χ2n) is 2.64. The Balaban J connectivity index is 3.03. The number of nitrogens with zero attached hydrogens (tertiary/aromatic N) is 1. The van der Waals surface area contributed by atoms with Crippen molar-refractivity contribution < 1.29 is 4.79 Å². The van der Waals surface area contributed by atoms with E-state index >= 15 is 0 Å². The average molecular weight is 164 g/mol. The Morgan fingerprint density at radius 3 is 3.00 bits per heavy atom. The minimum absolute atomic E-state index is 0.421. The van der Waals surface area contributed by atoms with Crippen molar-refractivity contribution in [3.05, 3.63) is 23.4 Å². The van der Waals surface area contributed by atoms with Crippen LogP contribution in [0.25, 0.3) is 0 Å². The molecule has 0 aromatic carbocycles. The van der Waals surface area contributed by atoms with Crippen molar-refractivity contribution in [2.45, 2.75) is 13.3 Å². The maximum atomic E-state index is 10.3. The first-order valence-electron chi connectivity index (χ1n) is 3.85. The summed E-state index contributed by atoms with van der Waals surface area (Å²) in [5.74, 6) is 0.785. The molecule has 0 bridgehead atoms. The SMILES string of the molecule is CNc1ncc(C)cc1CC=O. The van der Waals surface area contributed by atoms with Gasteiger partial charge in [-0.2, -0.15) is 0 Å². The Bertz CT molecular complexity index is 284. The van der Waals surface area contributed by atoms with E-state index in [-0.39, 0.29) is 0 Å². The topological polar surface area (TPSA) is 42.0 Å². The van der Waals surface area contributed by atoms with Gasteiger partial charge in [-0.05, 0) is 12.5 Å². The van der Waals surface area contributed by atoms with Crippen molar-refractivity contribution in [2.75, 3.05) is 12.4 Å². The first kappa shape index (κ1) is 8.71. The molecule has 0 fully saturated rings. The van der Waals surface area contributed by atoms with Gasteiger partial charge in [0.25, 0.3) is 0 Å². The third-order valence-corrected chi connectivity index (χ3v) is 1.64. The fourth-order valence-electron chi connectivity index (χ4n) is 1.10. The molecule has 0 spiro atoms. The maximum absolute atomic E-state index is 10.3. The van der Waals surface area contributed by atoms with E-state index in [2.05, 4.69) is 10.3 Å². The molecule has 0 saturated heterocycles. The standard InChI is InChI=1S/C9H12N2O/c1-7-5-8(3-4-12)9(10-2)11-6-7/h4-6H,3H2,1-2H3,(H,10,11). The number of carbonyl (C=O) groups excluding carboxylic acids is 1. The smallest absolute Gasteiger partial charge is 0.129 e. The molecule has 1 aromatic rings. The molecule has 3 nitrogen and oxygen atoms in total. The van der Waals surface area contributed by atoms with Gasteiger partial charge in [0.05, 0.1) is 0 Å². The van der Waals surface area contributed by atoms with Crippen LogP contribution in [0, 0.1) is 6.92 Å². The zero-order valence-corrected chi connectivity index (χ0v) is 7.29. The molecule has 64 valence electrons. The van der Waals surface area contributed by atoms with Gasteiger partial charge in [0.1, 0.15) is 12.1 Å². The van der Waals surface area contributed by atoms with Crippen molar-refractivity contribution >= 4 is 12.1 Å². The van der Waals surface area contributed by atoms with Crippen LogP contribution >= 0.6 is 0 Å². The predicted molar refractivity (Wildman–Crippen MR) is 48.3 cm³/mol. The molecule has 0 radical (unpaired) electrons. The molecule has 1 aromatic heterocycles. The number of carbonyl (C=O) groups is 1. The van der Waals surface area contributed by atoms with Gasteiger partial charge in [0.15, 0.2) is 0 Å². The molecule has 0 unspecified atom stereocenters. The van der Waals surface area contributed by atoms with Crippen molar-refractivity contribution in [3.63, 3.8) is 0 Å². The van der Waals surface area contributed by atoms with E-state index in [0.717, 1.165) is 23.2 Å². The zero-order valence-electron chi connectivity index (χ0n) is 7.29. The van der Waals surface area contributed by atoms with Crippen LogP contribution in [0.1, 0.15) is 11.1 Å². The van der Waals surface area contributed by atoms with Gasteiger partial charge in [-0.25, -0.2) is 4.98 Å². The summed E-state index contributed by atoms with van der Waals surface area (Å²) in [5, 5.41) is 2.94. The van der Waals surface area contributed by atoms with Crippen molar-refractivity contribution in [2.24, 2.45) is 0 Å². The van der Waals surface area contributed by atoms with Crippen molar-refractivity contribution in [1.29, 1.82) is 0 Å². The lowest BCUT2D eigenvalue weighted by molar-refractivity contribution is -0.107. The van der Waals surface area contributed by atoms with E-state index in [1.165, 1.54) is 0 Å². The lowest BCUT2D eigenvalue weighted by Crippen LogP contribution is -1.99. The summed E-state index contributed by atoms with van der Waals surface area (Å²) in [6.45, 7) is 1.96. The quantitative estimate of drug-likeness (QED) is 0.682. The monoisotopic (exact) mass is 164 g/mol. The van der Waals surface area contributed by atoms with Gasteiger partial charge in [-0.15, -0.1) is 0 Å². The first-order valence-corrected chi connectivity index (χ1v) is 3.85. The second-order valence-corrected chi connectivity index (χ2v) is 2.64. The van der Waals surface area contributed by atoms with Gasteiger partial charge in [0.2, 0.25) is 0 Å². The molecule has 0 atom stereocenters. The Kier molecular flexibility index (Phi) is 2.80. The summed E-state index contributed by atoms with van der Waals surface area (Å²) < 4.78 is 0. The van der Waals surface area contributed by atoms with E-state index in [4.69, 9.17) is 0 Å². The normalized spacial score (nSPS) is 9.50. The Morgan fingerprint density at radius 2 is 2.42 bits per heavy atom. The molecular formula is C9H12N2O. The summed E-state index contributed by atoms with van der Waals surface area (Å²) >= 11 is 0. The van der Waals surface area contributed by atoms with Crippen LogP contribution in [0.15, 0.2) is 12.3 Å². The highest BCUT2D eigenvalue weighted by Gasteiger charge is 2.00. The number of aldehydes is 1. The average Bonchev–Trinajstić information content (AvgIpc) is 2.05. The van der Waals surface area contributed by atoms with Gasteiger partial charge >= 0.3 is 0 Å². The molecule has 1 heterocycles. The third-order valence-electron chi connectivity index (χ3n) is 1.64. The van der Waals surface area contributed by atoms with Crippen LogP contribution in [-0.2, 0) is 11.2 Å². The number of nitrogens with one attached hydrogen (secondary N) is 1. The molecule has 0 aliphatic heterocycles. The number of anilines is 1. The number of pyridine rings is 1. The lowest BCUT2D eigenvalue weighted by atomic mass is 10.1. The van der Waals surface area contributed by atoms with Gasteiger partial charge < -0.3 is 10.1 Å². The third kappa shape index (κ3) is 1.81. The molecule has 0 aliphatic carbocycles. The predicted octanol–water partition coefficient (Wildman–Crippen LogP) is 1.17. The second kappa shape index (κ2) is 3.85. The number of hydrogen-bond donors (Lipinski definition) is 1. The van der Waals surface area contributed by atoms with Crippen LogP contribution in [0.4, 0.5) is 5.82 Å². The molecule has 1 rings (SSSR count). The molecule has 1 N–H and O–H groups in total. The van der Waals surface area contributed by atoms with E-state index in [1.807, 2.05) is 13.0 Å². The number of aryl methyl sites for hydroxylation is 1. The fraction of sp³-hybridized carbons (Fsp3) is 0.333. The molecular weight excluding hydrogens is 152 g/mol. The number of rotatable bonds is 3. The van der Waals surface area contributed by atoms with Crippen LogP contribution in [0.3, 0.4) is 0 Å². The van der Waals surface area contributed by atoms with Crippen molar-refractivity contribution in [1.82, 2.24) is 4.98 Å². The molecule has 0 aliphatic rings. The maximum Gasteiger partial charge on any atom is 0.129 e. The molecule has 0 saturated carbocycles. The number of aromatic nitrogens is 1. The minimum Gasteiger partial charge on any atom is -0.373 e. The van der Waals surface area contributed by atoms with E-state index in [9.17, 15) is 4.79 Å². The zero-order chi connectivity index (χ0) is 8.97. The first-order chi connectivity index (χ1) is 5.77. The highest BCUT2D eigenvalue weighted by atomic mass is 16.1. The van der Waals surface area contributed by atoms with E-state index in [1.54, 1.807) is 13.2 Å². The Labute approximate surface area is 71.8 Å². The van der Waals surface area contributed by atoms with Crippen LogP contribution < -0.4 is 5.32 Å². The summed E-state index contributed by atoms with van der Waals surface area (Å²) in [6, 6.07) is 1.97. The van der Waals surface area contributed by atoms with Gasteiger partial charge in [-0.1, -0.05) is 6.07 Å². The van der Waals surface area contributed by atoms with Crippen LogP contribution in [0.5, 0.6) is 0 Å². The largest absolute Gasteiger partial charge is 0.373 e. The highest BCUT2D eigenvalue weighted by molar-refractivity contribution is 5.60. The van der Waals surface area contributed by atoms with Gasteiger partial charge in [0, 0.05) is 25.2 Å². The van der Waals surface area contributed by atoms with E-state index in [0.29, 0.717) is 6.42 Å². The van der Waals surface area contributed by atoms with Crippen LogP contribution in [-0.4, -0.2) is 18.3 Å². The molecule has 3 heteroatoms. The molecule has 0 amide bonds. The molecule has 12 heavy (non-hydrogen) atoms. The van der Waals surface area contributed by atoms with E-state index < -0.39 is 0 Å². The minimum atomic E-state index is 0.421. The highest BCUT2D eigenvalue weighted by Crippen LogP contribution is 2.12. The summed E-state index contributed by atoms with van der Waals surface area (Å²) in [6.07, 6.45) is 3.09. The van der Waals surface area contributed by atoms with Crippen molar-refractivity contribution in [3.8, 4) is 0 Å². The summed E-state index contributed by atoms with van der Waals surface area (Å²) in [7, 11) is 1.80.